The van der Waals surface area contributed by atoms with Crippen molar-refractivity contribution in [2.24, 2.45) is 0 Å². The van der Waals surface area contributed by atoms with E-state index in [9.17, 15) is 13.2 Å². The minimum absolute atomic E-state index is 0.0180. The summed E-state index contributed by atoms with van der Waals surface area (Å²) in [5, 5.41) is 9.14. The predicted molar refractivity (Wildman–Crippen MR) is 55.7 cm³/mol. The van der Waals surface area contributed by atoms with Crippen LogP contribution in [0.25, 0.3) is 10.9 Å². The number of hydrogen-bond acceptors (Lipinski definition) is 1. The van der Waals surface area contributed by atoms with Crippen molar-refractivity contribution in [2.75, 3.05) is 0 Å². The first-order chi connectivity index (χ1) is 7.43. The fourth-order valence-electron chi connectivity index (χ4n) is 1.45. The lowest BCUT2D eigenvalue weighted by molar-refractivity contribution is -0.137. The smallest absolute Gasteiger partial charge is 0.359 e. The molecule has 1 heterocycles. The second-order valence-electron chi connectivity index (χ2n) is 3.19. The molecule has 1 aromatic carbocycles. The Morgan fingerprint density at radius 3 is 2.56 bits per heavy atom. The minimum atomic E-state index is -4.45. The number of hydrogen-bond donors (Lipinski definition) is 1. The Bertz CT molecular complexity index is 592. The van der Waals surface area contributed by atoms with Gasteiger partial charge in [-0.1, -0.05) is 0 Å². The van der Waals surface area contributed by atoms with Crippen LogP contribution in [0.2, 0.25) is 0 Å². The van der Waals surface area contributed by atoms with Crippen LogP contribution in [0, 0.1) is 11.3 Å². The fraction of sp³-hybridized carbons (Fsp3) is 0.100. The molecule has 0 bridgehead atoms. The highest BCUT2D eigenvalue weighted by atomic mass is 79.9. The molecule has 1 aromatic heterocycles. The molecule has 0 radical (unpaired) electrons. The molecule has 0 atom stereocenters. The molecule has 2 nitrogen and oxygen atoms in total. The highest BCUT2D eigenvalue weighted by molar-refractivity contribution is 9.10. The maximum Gasteiger partial charge on any atom is 0.416 e. The molecule has 0 aliphatic carbocycles. The standard InChI is InChI=1S/C10H4BrF3N2/c11-8-4-16-9-5(3-15)1-6(2-7(8)9)10(12,13)14/h1-2,4,16H. The number of benzene rings is 1. The summed E-state index contributed by atoms with van der Waals surface area (Å²) in [5.74, 6) is 0. The zero-order valence-electron chi connectivity index (χ0n) is 7.69. The summed E-state index contributed by atoms with van der Waals surface area (Å²) in [4.78, 5) is 2.75. The van der Waals surface area contributed by atoms with Gasteiger partial charge in [-0.2, -0.15) is 18.4 Å². The van der Waals surface area contributed by atoms with Crippen molar-refractivity contribution < 1.29 is 13.2 Å². The van der Waals surface area contributed by atoms with Crippen molar-refractivity contribution in [1.29, 1.82) is 5.26 Å². The molecule has 0 aliphatic rings. The molecule has 0 aliphatic heterocycles. The first-order valence-corrected chi connectivity index (χ1v) is 5.00. The molecular weight excluding hydrogens is 285 g/mol. The first-order valence-electron chi connectivity index (χ1n) is 4.21. The van der Waals surface area contributed by atoms with E-state index in [0.717, 1.165) is 12.1 Å². The number of fused-ring (bicyclic) bond motifs is 1. The van der Waals surface area contributed by atoms with Crippen LogP contribution in [0.5, 0.6) is 0 Å². The number of aromatic amines is 1. The molecule has 6 heteroatoms. The molecule has 0 saturated heterocycles. The Labute approximate surface area is 96.8 Å². The highest BCUT2D eigenvalue weighted by Gasteiger charge is 2.31. The van der Waals surface area contributed by atoms with Gasteiger partial charge in [-0.25, -0.2) is 0 Å². The second-order valence-corrected chi connectivity index (χ2v) is 4.05. The molecular formula is C10H4BrF3N2. The van der Waals surface area contributed by atoms with Gasteiger partial charge in [-0.05, 0) is 28.1 Å². The van der Waals surface area contributed by atoms with Gasteiger partial charge in [0.1, 0.15) is 6.07 Å². The Morgan fingerprint density at radius 2 is 2.00 bits per heavy atom. The molecule has 82 valence electrons. The van der Waals surface area contributed by atoms with Crippen LogP contribution in [-0.4, -0.2) is 4.98 Å². The summed E-state index contributed by atoms with van der Waals surface area (Å²) in [5.41, 5.74) is -0.435. The van der Waals surface area contributed by atoms with E-state index in [-0.39, 0.29) is 5.56 Å². The molecule has 0 unspecified atom stereocenters. The summed E-state index contributed by atoms with van der Waals surface area (Å²) in [6, 6.07) is 3.59. The van der Waals surface area contributed by atoms with Crippen LogP contribution in [0.15, 0.2) is 22.8 Å². The van der Waals surface area contributed by atoms with Gasteiger partial charge in [-0.3, -0.25) is 0 Å². The Balaban J connectivity index is 2.82. The van der Waals surface area contributed by atoms with E-state index in [4.69, 9.17) is 5.26 Å². The van der Waals surface area contributed by atoms with E-state index in [2.05, 4.69) is 20.9 Å². The summed E-state index contributed by atoms with van der Waals surface area (Å²) < 4.78 is 38.1. The second kappa shape index (κ2) is 3.52. The number of nitrogens with zero attached hydrogens (tertiary/aromatic N) is 1. The minimum Gasteiger partial charge on any atom is -0.359 e. The monoisotopic (exact) mass is 288 g/mol. The lowest BCUT2D eigenvalue weighted by Crippen LogP contribution is -2.05. The molecule has 0 saturated carbocycles. The van der Waals surface area contributed by atoms with Crippen LogP contribution in [0.1, 0.15) is 11.1 Å². The predicted octanol–water partition coefficient (Wildman–Crippen LogP) is 3.82. The van der Waals surface area contributed by atoms with Gasteiger partial charge in [0.05, 0.1) is 16.6 Å². The number of H-pyrrole nitrogens is 1. The average molecular weight is 289 g/mol. The van der Waals surface area contributed by atoms with Gasteiger partial charge in [-0.15, -0.1) is 0 Å². The summed E-state index contributed by atoms with van der Waals surface area (Å²) >= 11 is 3.12. The van der Waals surface area contributed by atoms with Crippen LogP contribution < -0.4 is 0 Å². The Kier molecular flexibility index (Phi) is 2.43. The van der Waals surface area contributed by atoms with Gasteiger partial charge < -0.3 is 4.98 Å². The van der Waals surface area contributed by atoms with Crippen molar-refractivity contribution in [3.05, 3.63) is 33.9 Å². The third kappa shape index (κ3) is 1.67. The largest absolute Gasteiger partial charge is 0.416 e. The lowest BCUT2D eigenvalue weighted by atomic mass is 10.1. The van der Waals surface area contributed by atoms with Crippen molar-refractivity contribution >= 4 is 26.8 Å². The van der Waals surface area contributed by atoms with Gasteiger partial charge in [0.25, 0.3) is 0 Å². The van der Waals surface area contributed by atoms with Crippen LogP contribution in [0.3, 0.4) is 0 Å². The number of halogens is 4. The average Bonchev–Trinajstić information content (AvgIpc) is 2.58. The topological polar surface area (TPSA) is 39.6 Å². The van der Waals surface area contributed by atoms with Crippen LogP contribution >= 0.6 is 15.9 Å². The van der Waals surface area contributed by atoms with E-state index in [1.165, 1.54) is 6.20 Å². The zero-order valence-corrected chi connectivity index (χ0v) is 9.28. The Hall–Kier alpha value is -1.48. The van der Waals surface area contributed by atoms with E-state index >= 15 is 0 Å². The third-order valence-electron chi connectivity index (χ3n) is 2.19. The van der Waals surface area contributed by atoms with Gasteiger partial charge in [0.15, 0.2) is 0 Å². The van der Waals surface area contributed by atoms with Crippen molar-refractivity contribution in [3.63, 3.8) is 0 Å². The summed E-state index contributed by atoms with van der Waals surface area (Å²) in [6.45, 7) is 0. The van der Waals surface area contributed by atoms with Gasteiger partial charge in [0, 0.05) is 16.1 Å². The van der Waals surface area contributed by atoms with Crippen LogP contribution in [0.4, 0.5) is 13.2 Å². The number of aromatic nitrogens is 1. The van der Waals surface area contributed by atoms with Crippen molar-refractivity contribution in [1.82, 2.24) is 4.98 Å². The van der Waals surface area contributed by atoms with E-state index in [0.29, 0.717) is 15.4 Å². The first kappa shape index (κ1) is 11.0. The Morgan fingerprint density at radius 1 is 1.31 bits per heavy atom. The quantitative estimate of drug-likeness (QED) is 0.786. The van der Waals surface area contributed by atoms with Crippen molar-refractivity contribution in [2.45, 2.75) is 6.18 Å². The number of alkyl halides is 3. The summed E-state index contributed by atoms with van der Waals surface area (Å²) in [6.07, 6.45) is -2.94. The van der Waals surface area contributed by atoms with Gasteiger partial charge >= 0.3 is 6.18 Å². The fourth-order valence-corrected chi connectivity index (χ4v) is 1.88. The molecule has 2 rings (SSSR count). The van der Waals surface area contributed by atoms with Gasteiger partial charge in [0.2, 0.25) is 0 Å². The van der Waals surface area contributed by atoms with E-state index in [1.54, 1.807) is 6.07 Å². The number of nitrogens with one attached hydrogen (secondary N) is 1. The van der Waals surface area contributed by atoms with E-state index in [1.807, 2.05) is 0 Å². The maximum atomic E-state index is 12.5. The maximum absolute atomic E-state index is 12.5. The van der Waals surface area contributed by atoms with E-state index < -0.39 is 11.7 Å². The normalized spacial score (nSPS) is 11.7. The van der Waals surface area contributed by atoms with Crippen LogP contribution in [-0.2, 0) is 6.18 Å². The molecule has 1 N–H and O–H groups in total. The molecule has 0 amide bonds. The number of nitriles is 1. The molecule has 16 heavy (non-hydrogen) atoms. The van der Waals surface area contributed by atoms with Crippen molar-refractivity contribution in [3.8, 4) is 6.07 Å². The third-order valence-corrected chi connectivity index (χ3v) is 2.84. The molecule has 0 fully saturated rings. The molecule has 2 aromatic rings. The number of rotatable bonds is 0. The summed E-state index contributed by atoms with van der Waals surface area (Å²) in [7, 11) is 0. The molecule has 0 spiro atoms. The lowest BCUT2D eigenvalue weighted by Gasteiger charge is -2.07. The zero-order chi connectivity index (χ0) is 11.9. The highest BCUT2D eigenvalue weighted by Crippen LogP contribution is 2.35. The SMILES string of the molecule is N#Cc1cc(C(F)(F)F)cc2c(Br)c[nH]c12.